The smallest absolute Gasteiger partial charge is 0.257 e. The molecule has 1 saturated heterocycles. The number of nitrogens with zero attached hydrogens (tertiary/aromatic N) is 5. The maximum atomic E-state index is 12.9. The third-order valence-electron chi connectivity index (χ3n) is 6.78. The molecule has 0 radical (unpaired) electrons. The first-order valence-electron chi connectivity index (χ1n) is 11.3. The Kier molecular flexibility index (Phi) is 4.97. The Morgan fingerprint density at radius 2 is 2.06 bits per heavy atom. The molecule has 176 valence electrons. The Bertz CT molecular complexity index is 1350. The highest BCUT2D eigenvalue weighted by molar-refractivity contribution is 6.00. The lowest BCUT2D eigenvalue weighted by molar-refractivity contribution is 0.0448. The van der Waals surface area contributed by atoms with Crippen molar-refractivity contribution in [1.82, 2.24) is 29.5 Å². The van der Waals surface area contributed by atoms with Crippen molar-refractivity contribution in [3.8, 4) is 22.6 Å². The van der Waals surface area contributed by atoms with E-state index in [0.717, 1.165) is 23.4 Å². The fourth-order valence-electron chi connectivity index (χ4n) is 4.66. The average Bonchev–Trinajstić information content (AvgIpc) is 3.58. The van der Waals surface area contributed by atoms with Crippen molar-refractivity contribution < 1.29 is 19.7 Å². The lowest BCUT2D eigenvalue weighted by Crippen LogP contribution is -2.50. The van der Waals surface area contributed by atoms with Gasteiger partial charge in [0, 0.05) is 36.6 Å². The molecule has 2 fully saturated rings. The van der Waals surface area contributed by atoms with Crippen molar-refractivity contribution in [2.45, 2.75) is 37.1 Å². The Morgan fingerprint density at radius 1 is 1.18 bits per heavy atom. The number of carbonyl (C=O) groups is 1. The first kappa shape index (κ1) is 21.0. The fourth-order valence-corrected chi connectivity index (χ4v) is 4.66. The molecule has 0 unspecified atom stereocenters. The van der Waals surface area contributed by atoms with Gasteiger partial charge in [-0.25, -0.2) is 9.97 Å². The number of rotatable bonds is 5. The molecule has 4 atom stereocenters. The summed E-state index contributed by atoms with van der Waals surface area (Å²) in [6, 6.07) is 5.28. The van der Waals surface area contributed by atoms with Crippen LogP contribution in [0.15, 0.2) is 36.8 Å². The number of hydrogen-bond acceptors (Lipinski definition) is 8. The molecule has 6 rings (SSSR count). The fraction of sp³-hybridized carbons (Fsp3) is 0.391. The summed E-state index contributed by atoms with van der Waals surface area (Å²) in [5, 5.41) is 30.5. The van der Waals surface area contributed by atoms with E-state index in [1.165, 1.54) is 6.20 Å². The van der Waals surface area contributed by atoms with Gasteiger partial charge in [-0.05, 0) is 25.0 Å². The zero-order valence-electron chi connectivity index (χ0n) is 18.5. The maximum Gasteiger partial charge on any atom is 0.257 e. The molecule has 11 heteroatoms. The molecule has 5 heterocycles. The first-order valence-corrected chi connectivity index (χ1v) is 11.3. The first-order chi connectivity index (χ1) is 16.5. The highest BCUT2D eigenvalue weighted by Gasteiger charge is 2.32. The Morgan fingerprint density at radius 3 is 2.76 bits per heavy atom. The van der Waals surface area contributed by atoms with Crippen LogP contribution in [-0.4, -0.2) is 78.8 Å². The molecule has 1 saturated carbocycles. The second-order valence-corrected chi connectivity index (χ2v) is 8.79. The number of hydrogen-bond donors (Lipinski definition) is 4. The van der Waals surface area contributed by atoms with Crippen LogP contribution < -0.4 is 10.6 Å². The number of fused-ring (bicyclic) bond motifs is 2. The van der Waals surface area contributed by atoms with Crippen LogP contribution in [0.3, 0.4) is 0 Å². The quantitative estimate of drug-likeness (QED) is 0.343. The lowest BCUT2D eigenvalue weighted by Gasteiger charge is -2.32. The molecule has 0 spiro atoms. The van der Waals surface area contributed by atoms with Gasteiger partial charge in [0.25, 0.3) is 5.91 Å². The number of aliphatic hydroxyl groups is 2. The zero-order chi connectivity index (χ0) is 23.4. The average molecular weight is 463 g/mol. The van der Waals surface area contributed by atoms with Crippen molar-refractivity contribution in [3.63, 3.8) is 0 Å². The van der Waals surface area contributed by atoms with E-state index in [1.807, 2.05) is 29.0 Å². The van der Waals surface area contributed by atoms with E-state index in [9.17, 15) is 15.0 Å². The van der Waals surface area contributed by atoms with Crippen LogP contribution in [0.4, 0.5) is 5.82 Å². The Balaban J connectivity index is 1.41. The summed E-state index contributed by atoms with van der Waals surface area (Å²) in [7, 11) is 1.78. The number of pyridine rings is 1. The minimum absolute atomic E-state index is 0.207. The summed E-state index contributed by atoms with van der Waals surface area (Å²) in [5.74, 6) is 1.08. The number of nitrogens with one attached hydrogen (secondary N) is 2. The van der Waals surface area contributed by atoms with Gasteiger partial charge in [-0.2, -0.15) is 9.61 Å². The van der Waals surface area contributed by atoms with Crippen molar-refractivity contribution in [3.05, 3.63) is 42.4 Å². The van der Waals surface area contributed by atoms with Gasteiger partial charge in [0.05, 0.1) is 43.3 Å². The number of amides is 1. The molecule has 1 amide bonds. The van der Waals surface area contributed by atoms with Crippen molar-refractivity contribution in [2.24, 2.45) is 0 Å². The molecule has 34 heavy (non-hydrogen) atoms. The normalized spacial score (nSPS) is 24.4. The van der Waals surface area contributed by atoms with Crippen LogP contribution in [0.1, 0.15) is 29.2 Å². The molecule has 1 aliphatic carbocycles. The van der Waals surface area contributed by atoms with Crippen LogP contribution >= 0.6 is 0 Å². The van der Waals surface area contributed by atoms with E-state index < -0.39 is 12.2 Å². The van der Waals surface area contributed by atoms with Crippen LogP contribution in [0.5, 0.6) is 0 Å². The van der Waals surface area contributed by atoms with Crippen LogP contribution in [-0.2, 0) is 4.74 Å². The summed E-state index contributed by atoms with van der Waals surface area (Å²) in [6.45, 7) is 0.723. The molecular formula is C23H25N7O4. The zero-order valence-corrected chi connectivity index (χ0v) is 18.5. The maximum absolute atomic E-state index is 12.9. The minimum atomic E-state index is -0.594. The Labute approximate surface area is 194 Å². The van der Waals surface area contributed by atoms with E-state index in [-0.39, 0.29) is 18.0 Å². The van der Waals surface area contributed by atoms with Gasteiger partial charge >= 0.3 is 0 Å². The summed E-state index contributed by atoms with van der Waals surface area (Å²) in [4.78, 5) is 22.3. The number of carbonyl (C=O) groups excluding carboxylic acids is 1. The monoisotopic (exact) mass is 463 g/mol. The predicted octanol–water partition coefficient (Wildman–Crippen LogP) is 0.925. The third-order valence-corrected chi connectivity index (χ3v) is 6.78. The van der Waals surface area contributed by atoms with Crippen LogP contribution in [0, 0.1) is 0 Å². The second kappa shape index (κ2) is 8.05. The van der Waals surface area contributed by atoms with Gasteiger partial charge in [-0.3, -0.25) is 4.79 Å². The Hall–Kier alpha value is -3.54. The molecule has 4 aliphatic rings. The van der Waals surface area contributed by atoms with Crippen molar-refractivity contribution in [1.29, 1.82) is 0 Å². The highest BCUT2D eigenvalue weighted by atomic mass is 16.5. The highest BCUT2D eigenvalue weighted by Crippen LogP contribution is 2.36. The molecule has 2 aromatic heterocycles. The largest absolute Gasteiger partial charge is 0.391 e. The summed E-state index contributed by atoms with van der Waals surface area (Å²) in [5.41, 5.74) is 3.06. The molecule has 0 aromatic carbocycles. The molecule has 0 bridgehead atoms. The topological polar surface area (TPSA) is 139 Å². The van der Waals surface area contributed by atoms with Crippen molar-refractivity contribution in [2.75, 3.05) is 25.6 Å². The summed E-state index contributed by atoms with van der Waals surface area (Å²) >= 11 is 0. The van der Waals surface area contributed by atoms with Gasteiger partial charge in [0.2, 0.25) is 0 Å². The van der Waals surface area contributed by atoms with E-state index >= 15 is 0 Å². The minimum Gasteiger partial charge on any atom is -0.391 e. The number of aliphatic hydroxyl groups excluding tert-OH is 2. The van der Waals surface area contributed by atoms with E-state index in [0.29, 0.717) is 42.4 Å². The van der Waals surface area contributed by atoms with Crippen LogP contribution in [0.2, 0.25) is 0 Å². The molecule has 3 aliphatic heterocycles. The third kappa shape index (κ3) is 3.23. The number of ether oxygens (including phenoxy) is 1. The lowest BCUT2D eigenvalue weighted by atomic mass is 9.89. The van der Waals surface area contributed by atoms with Gasteiger partial charge in [-0.1, -0.05) is 0 Å². The SMILES string of the molecule is CNc1cc(-c2cnc3n([C@H]4COC[C@@H]4O)cccc2-3)nc2c(C(=O)N[C@@H]3CC[C@@H]3O)cnn12. The van der Waals surface area contributed by atoms with Gasteiger partial charge < -0.3 is 30.2 Å². The molecule has 11 nitrogen and oxygen atoms in total. The summed E-state index contributed by atoms with van der Waals surface area (Å²) in [6.07, 6.45) is 5.46. The molecule has 4 N–H and O–H groups in total. The standard InChI is InChI=1S/C23H25N7O4/c1-24-20-7-16(27-22-14(9-26-30(20)22)23(33)28-15-4-5-18(15)31)13-8-25-21-12(13)3-2-6-29(21)17-10-34-11-19(17)32/h2-3,6-9,15,17-19,24,31-32H,4-5,10-11H2,1H3,(H,28,33)/t15-,17+,18+,19+/m1/s1. The molecule has 2 aromatic rings. The predicted molar refractivity (Wildman–Crippen MR) is 123 cm³/mol. The summed E-state index contributed by atoms with van der Waals surface area (Å²) < 4.78 is 8.96. The van der Waals surface area contributed by atoms with Crippen LogP contribution in [0.25, 0.3) is 28.3 Å². The number of anilines is 1. The van der Waals surface area contributed by atoms with E-state index in [2.05, 4.69) is 20.7 Å². The van der Waals surface area contributed by atoms with Gasteiger partial charge in [0.15, 0.2) is 5.65 Å². The van der Waals surface area contributed by atoms with Gasteiger partial charge in [-0.15, -0.1) is 0 Å². The molecular weight excluding hydrogens is 438 g/mol. The van der Waals surface area contributed by atoms with Crippen molar-refractivity contribution >= 4 is 17.4 Å². The van der Waals surface area contributed by atoms with Gasteiger partial charge in [0.1, 0.15) is 23.3 Å². The second-order valence-electron chi connectivity index (χ2n) is 8.79. The van der Waals surface area contributed by atoms with E-state index in [4.69, 9.17) is 9.72 Å². The number of aromatic nitrogens is 5. The van der Waals surface area contributed by atoms with E-state index in [1.54, 1.807) is 17.8 Å².